The summed E-state index contributed by atoms with van der Waals surface area (Å²) in [6.07, 6.45) is 2.40. The first-order chi connectivity index (χ1) is 15.7. The fraction of sp³-hybridized carbons (Fsp3) is 0.208. The Bertz CT molecular complexity index is 1260. The van der Waals surface area contributed by atoms with Crippen LogP contribution in [0.25, 0.3) is 22.6 Å². The number of H-pyrrole nitrogens is 1. The van der Waals surface area contributed by atoms with Gasteiger partial charge in [-0.1, -0.05) is 42.3 Å². The molecule has 1 heterocycles. The number of carboxylic acids is 1. The standard InChI is InChI=1S/C24H22Cl2N2O5/c1-3-6-20(29)27-15-8-5-7-13(9-15)16(23(30)31)12-17-21-18(26)10-14(25)11-19(21)28-22(17)24(32)33-4-2/h5,7-12,28H,3-4,6H2,1-2H3,(H,27,29)(H,30,31). The molecule has 0 saturated carbocycles. The molecule has 0 aliphatic carbocycles. The zero-order valence-electron chi connectivity index (χ0n) is 18.0. The lowest BCUT2D eigenvalue weighted by Gasteiger charge is -2.09. The number of anilines is 1. The highest BCUT2D eigenvalue weighted by Gasteiger charge is 2.22. The van der Waals surface area contributed by atoms with E-state index in [4.69, 9.17) is 27.9 Å². The van der Waals surface area contributed by atoms with Gasteiger partial charge in [0, 0.05) is 33.6 Å². The molecule has 0 unspecified atom stereocenters. The van der Waals surface area contributed by atoms with Gasteiger partial charge in [0.25, 0.3) is 0 Å². The Balaban J connectivity index is 2.19. The van der Waals surface area contributed by atoms with E-state index < -0.39 is 11.9 Å². The maximum Gasteiger partial charge on any atom is 0.355 e. The topological polar surface area (TPSA) is 108 Å². The van der Waals surface area contributed by atoms with Gasteiger partial charge in [0.05, 0.1) is 17.2 Å². The van der Waals surface area contributed by atoms with E-state index in [2.05, 4.69) is 10.3 Å². The van der Waals surface area contributed by atoms with E-state index in [1.165, 1.54) is 12.1 Å². The first-order valence-electron chi connectivity index (χ1n) is 10.3. The lowest BCUT2D eigenvalue weighted by atomic mass is 10.0. The van der Waals surface area contributed by atoms with Crippen molar-refractivity contribution in [1.29, 1.82) is 0 Å². The minimum Gasteiger partial charge on any atom is -0.478 e. The summed E-state index contributed by atoms with van der Waals surface area (Å²) in [7, 11) is 0. The minimum atomic E-state index is -1.22. The summed E-state index contributed by atoms with van der Waals surface area (Å²) in [4.78, 5) is 39.7. The summed E-state index contributed by atoms with van der Waals surface area (Å²) in [5, 5.41) is 13.8. The summed E-state index contributed by atoms with van der Waals surface area (Å²) in [6, 6.07) is 9.58. The van der Waals surface area contributed by atoms with Crippen molar-refractivity contribution < 1.29 is 24.2 Å². The number of carboxylic acid groups (broad SMARTS) is 1. The maximum absolute atomic E-state index is 12.6. The number of fused-ring (bicyclic) bond motifs is 1. The highest BCUT2D eigenvalue weighted by molar-refractivity contribution is 6.39. The average molecular weight is 489 g/mol. The Morgan fingerprint density at radius 3 is 2.58 bits per heavy atom. The Morgan fingerprint density at radius 1 is 1.15 bits per heavy atom. The third-order valence-electron chi connectivity index (χ3n) is 4.79. The molecule has 0 aliphatic heterocycles. The molecule has 2 aromatic carbocycles. The molecule has 33 heavy (non-hydrogen) atoms. The number of halogens is 2. The molecule has 3 N–H and O–H groups in total. The number of aromatic amines is 1. The second kappa shape index (κ2) is 10.6. The molecule has 0 aliphatic rings. The van der Waals surface area contributed by atoms with E-state index in [0.29, 0.717) is 40.0 Å². The largest absolute Gasteiger partial charge is 0.478 e. The zero-order valence-corrected chi connectivity index (χ0v) is 19.5. The number of nitrogens with one attached hydrogen (secondary N) is 2. The van der Waals surface area contributed by atoms with Crippen molar-refractivity contribution in [1.82, 2.24) is 4.98 Å². The Kier molecular flexibility index (Phi) is 7.79. The molecule has 0 atom stereocenters. The zero-order chi connectivity index (χ0) is 24.1. The molecule has 0 saturated heterocycles. The van der Waals surface area contributed by atoms with E-state index in [1.54, 1.807) is 37.3 Å². The van der Waals surface area contributed by atoms with Crippen molar-refractivity contribution in [3.63, 3.8) is 0 Å². The number of rotatable bonds is 8. The van der Waals surface area contributed by atoms with Gasteiger partial charge in [-0.15, -0.1) is 0 Å². The van der Waals surface area contributed by atoms with Crippen molar-refractivity contribution in [2.45, 2.75) is 26.7 Å². The van der Waals surface area contributed by atoms with E-state index in [0.717, 1.165) is 0 Å². The van der Waals surface area contributed by atoms with Gasteiger partial charge in [0.2, 0.25) is 5.91 Å². The molecule has 7 nitrogen and oxygen atoms in total. The minimum absolute atomic E-state index is 0.0576. The molecular formula is C24H22Cl2N2O5. The molecule has 3 rings (SSSR count). The maximum atomic E-state index is 12.6. The van der Waals surface area contributed by atoms with Gasteiger partial charge in [-0.3, -0.25) is 4.79 Å². The highest BCUT2D eigenvalue weighted by atomic mass is 35.5. The van der Waals surface area contributed by atoms with Gasteiger partial charge in [-0.25, -0.2) is 9.59 Å². The number of carbonyl (C=O) groups is 3. The van der Waals surface area contributed by atoms with Crippen LogP contribution in [0.3, 0.4) is 0 Å². The molecular weight excluding hydrogens is 467 g/mol. The molecule has 3 aromatic rings. The van der Waals surface area contributed by atoms with Crippen LogP contribution in [0, 0.1) is 0 Å². The summed E-state index contributed by atoms with van der Waals surface area (Å²) in [6.45, 7) is 3.69. The number of aromatic nitrogens is 1. The van der Waals surface area contributed by atoms with Gasteiger partial charge in [0.1, 0.15) is 5.69 Å². The van der Waals surface area contributed by atoms with Gasteiger partial charge in [-0.05, 0) is 49.2 Å². The third-order valence-corrected chi connectivity index (χ3v) is 5.30. The highest BCUT2D eigenvalue weighted by Crippen LogP contribution is 2.35. The molecule has 172 valence electrons. The molecule has 0 bridgehead atoms. The molecule has 9 heteroatoms. The fourth-order valence-electron chi connectivity index (χ4n) is 3.41. The lowest BCUT2D eigenvalue weighted by Crippen LogP contribution is -2.11. The van der Waals surface area contributed by atoms with Crippen molar-refractivity contribution in [3.8, 4) is 0 Å². The smallest absolute Gasteiger partial charge is 0.355 e. The average Bonchev–Trinajstić information content (AvgIpc) is 3.10. The van der Waals surface area contributed by atoms with Crippen LogP contribution in [0.1, 0.15) is 48.3 Å². The lowest BCUT2D eigenvalue weighted by molar-refractivity contribution is -0.130. The van der Waals surface area contributed by atoms with Crippen molar-refractivity contribution in [3.05, 3.63) is 63.3 Å². The predicted molar refractivity (Wildman–Crippen MR) is 130 cm³/mol. The first kappa shape index (κ1) is 24.4. The van der Waals surface area contributed by atoms with E-state index >= 15 is 0 Å². The molecule has 0 spiro atoms. The van der Waals surface area contributed by atoms with Crippen LogP contribution >= 0.6 is 23.2 Å². The number of amides is 1. The van der Waals surface area contributed by atoms with Crippen LogP contribution < -0.4 is 5.32 Å². The normalized spacial score (nSPS) is 11.5. The molecule has 1 amide bonds. The number of benzene rings is 2. The molecule has 0 radical (unpaired) electrons. The van der Waals surface area contributed by atoms with Gasteiger partial charge < -0.3 is 20.1 Å². The van der Waals surface area contributed by atoms with Crippen LogP contribution in [0.4, 0.5) is 5.69 Å². The monoisotopic (exact) mass is 488 g/mol. The number of carbonyl (C=O) groups excluding carboxylic acids is 2. The second-order valence-electron chi connectivity index (χ2n) is 7.19. The Morgan fingerprint density at radius 2 is 1.91 bits per heavy atom. The number of ether oxygens (including phenoxy) is 1. The Hall–Kier alpha value is -3.29. The van der Waals surface area contributed by atoms with Crippen LogP contribution in [0.2, 0.25) is 10.0 Å². The fourth-order valence-corrected chi connectivity index (χ4v) is 4.00. The second-order valence-corrected chi connectivity index (χ2v) is 8.03. The SMILES string of the molecule is CCCC(=O)Nc1cccc(C(=Cc2c(C(=O)OCC)[nH]c3cc(Cl)cc(Cl)c23)C(=O)O)c1. The van der Waals surface area contributed by atoms with E-state index in [-0.39, 0.29) is 34.4 Å². The first-order valence-corrected chi connectivity index (χ1v) is 11.0. The van der Waals surface area contributed by atoms with Gasteiger partial charge in [-0.2, -0.15) is 0 Å². The third kappa shape index (κ3) is 5.56. The summed E-state index contributed by atoms with van der Waals surface area (Å²) in [5.41, 5.74) is 1.50. The van der Waals surface area contributed by atoms with Crippen LogP contribution in [-0.4, -0.2) is 34.5 Å². The number of hydrogen-bond acceptors (Lipinski definition) is 4. The summed E-state index contributed by atoms with van der Waals surface area (Å²) >= 11 is 12.5. The quantitative estimate of drug-likeness (QED) is 0.265. The summed E-state index contributed by atoms with van der Waals surface area (Å²) in [5.74, 6) is -2.04. The van der Waals surface area contributed by atoms with E-state index in [9.17, 15) is 19.5 Å². The summed E-state index contributed by atoms with van der Waals surface area (Å²) < 4.78 is 5.13. The van der Waals surface area contributed by atoms with Crippen molar-refractivity contribution in [2.75, 3.05) is 11.9 Å². The Labute approximate surface area is 200 Å². The van der Waals surface area contributed by atoms with E-state index in [1.807, 2.05) is 6.92 Å². The number of aliphatic carboxylic acids is 1. The van der Waals surface area contributed by atoms with Crippen molar-refractivity contribution >= 4 is 69.3 Å². The van der Waals surface area contributed by atoms with Gasteiger partial charge >= 0.3 is 11.9 Å². The van der Waals surface area contributed by atoms with Crippen LogP contribution in [0.15, 0.2) is 36.4 Å². The number of esters is 1. The van der Waals surface area contributed by atoms with Crippen LogP contribution in [-0.2, 0) is 14.3 Å². The van der Waals surface area contributed by atoms with Gasteiger partial charge in [0.15, 0.2) is 0 Å². The predicted octanol–water partition coefficient (Wildman–Crippen LogP) is 6.02. The molecule has 0 fully saturated rings. The van der Waals surface area contributed by atoms with Crippen molar-refractivity contribution in [2.24, 2.45) is 0 Å². The number of hydrogen-bond donors (Lipinski definition) is 3. The molecule has 1 aromatic heterocycles. The van der Waals surface area contributed by atoms with Crippen LogP contribution in [0.5, 0.6) is 0 Å².